The SMILES string of the molecule is CCCCC[n+]1ccn(-c2cc(C)ccn2)c1. The third kappa shape index (κ3) is 3.16. The van der Waals surface area contributed by atoms with Gasteiger partial charge in [-0.1, -0.05) is 13.3 Å². The van der Waals surface area contributed by atoms with Crippen molar-refractivity contribution in [3.63, 3.8) is 0 Å². The molecule has 17 heavy (non-hydrogen) atoms. The van der Waals surface area contributed by atoms with Crippen molar-refractivity contribution >= 4 is 0 Å². The van der Waals surface area contributed by atoms with E-state index in [9.17, 15) is 0 Å². The van der Waals surface area contributed by atoms with Gasteiger partial charge < -0.3 is 0 Å². The van der Waals surface area contributed by atoms with Crippen LogP contribution in [0.1, 0.15) is 31.7 Å². The van der Waals surface area contributed by atoms with Crippen molar-refractivity contribution in [2.24, 2.45) is 0 Å². The topological polar surface area (TPSA) is 21.7 Å². The van der Waals surface area contributed by atoms with Crippen LogP contribution in [0.2, 0.25) is 0 Å². The molecule has 0 atom stereocenters. The third-order valence-electron chi connectivity index (χ3n) is 2.88. The maximum Gasteiger partial charge on any atom is 0.250 e. The van der Waals surface area contributed by atoms with Crippen LogP contribution in [0.25, 0.3) is 5.82 Å². The van der Waals surface area contributed by atoms with Gasteiger partial charge in [-0.05, 0) is 31.4 Å². The molecular formula is C14H20N3+. The highest BCUT2D eigenvalue weighted by Gasteiger charge is 2.07. The second kappa shape index (κ2) is 5.62. The Morgan fingerprint density at radius 1 is 1.35 bits per heavy atom. The maximum absolute atomic E-state index is 4.37. The van der Waals surface area contributed by atoms with E-state index in [1.807, 2.05) is 12.3 Å². The van der Waals surface area contributed by atoms with Gasteiger partial charge in [-0.25, -0.2) is 9.55 Å². The van der Waals surface area contributed by atoms with E-state index in [-0.39, 0.29) is 0 Å². The number of imidazole rings is 1. The predicted octanol–water partition coefficient (Wildman–Crippen LogP) is 2.66. The van der Waals surface area contributed by atoms with Crippen molar-refractivity contribution in [1.82, 2.24) is 9.55 Å². The van der Waals surface area contributed by atoms with Crippen molar-refractivity contribution in [3.05, 3.63) is 42.6 Å². The molecule has 0 spiro atoms. The van der Waals surface area contributed by atoms with Gasteiger partial charge in [0.1, 0.15) is 12.4 Å². The summed E-state index contributed by atoms with van der Waals surface area (Å²) < 4.78 is 4.29. The molecule has 0 N–H and O–H groups in total. The molecule has 0 aliphatic rings. The molecule has 0 bridgehead atoms. The van der Waals surface area contributed by atoms with Crippen LogP contribution in [-0.4, -0.2) is 9.55 Å². The quantitative estimate of drug-likeness (QED) is 0.571. The molecule has 0 aliphatic heterocycles. The molecule has 0 fully saturated rings. The molecule has 3 heteroatoms. The molecule has 2 aromatic rings. The minimum absolute atomic E-state index is 0.985. The van der Waals surface area contributed by atoms with Crippen molar-refractivity contribution in [2.45, 2.75) is 39.7 Å². The van der Waals surface area contributed by atoms with Gasteiger partial charge in [0.25, 0.3) is 0 Å². The number of hydrogen-bond donors (Lipinski definition) is 0. The first-order valence-corrected chi connectivity index (χ1v) is 6.29. The molecule has 0 aromatic carbocycles. The van der Waals surface area contributed by atoms with Crippen molar-refractivity contribution < 1.29 is 4.57 Å². The summed E-state index contributed by atoms with van der Waals surface area (Å²) in [6.45, 7) is 5.41. The number of unbranched alkanes of at least 4 members (excludes halogenated alkanes) is 2. The summed E-state index contributed by atoms with van der Waals surface area (Å²) in [6, 6.07) is 4.11. The van der Waals surface area contributed by atoms with E-state index in [1.54, 1.807) is 0 Å². The van der Waals surface area contributed by atoms with Crippen LogP contribution in [0.15, 0.2) is 37.1 Å². The van der Waals surface area contributed by atoms with Crippen molar-refractivity contribution in [2.75, 3.05) is 0 Å². The van der Waals surface area contributed by atoms with Gasteiger partial charge >= 0.3 is 0 Å². The minimum atomic E-state index is 0.985. The van der Waals surface area contributed by atoms with Gasteiger partial charge in [0, 0.05) is 12.3 Å². The first-order valence-electron chi connectivity index (χ1n) is 6.29. The summed E-state index contributed by atoms with van der Waals surface area (Å²) in [4.78, 5) is 4.37. The zero-order chi connectivity index (χ0) is 12.1. The van der Waals surface area contributed by atoms with Crippen LogP contribution in [0.5, 0.6) is 0 Å². The molecule has 2 rings (SSSR count). The molecule has 2 aromatic heterocycles. The van der Waals surface area contributed by atoms with Gasteiger partial charge in [0.05, 0.1) is 6.54 Å². The second-order valence-electron chi connectivity index (χ2n) is 4.46. The lowest BCUT2D eigenvalue weighted by molar-refractivity contribution is -0.696. The fraction of sp³-hybridized carbons (Fsp3) is 0.429. The fourth-order valence-electron chi connectivity index (χ4n) is 1.87. The van der Waals surface area contributed by atoms with E-state index < -0.39 is 0 Å². The number of aryl methyl sites for hydroxylation is 2. The van der Waals surface area contributed by atoms with Gasteiger partial charge in [0.15, 0.2) is 0 Å². The van der Waals surface area contributed by atoms with Crippen LogP contribution in [0.4, 0.5) is 0 Å². The Bertz CT molecular complexity index is 474. The highest BCUT2D eigenvalue weighted by Crippen LogP contribution is 2.05. The first kappa shape index (κ1) is 11.8. The monoisotopic (exact) mass is 230 g/mol. The second-order valence-corrected chi connectivity index (χ2v) is 4.46. The summed E-state index contributed by atoms with van der Waals surface area (Å²) in [5, 5.41) is 0. The number of pyridine rings is 1. The number of hydrogen-bond acceptors (Lipinski definition) is 1. The lowest BCUT2D eigenvalue weighted by Crippen LogP contribution is -2.30. The number of rotatable bonds is 5. The Hall–Kier alpha value is -1.64. The maximum atomic E-state index is 4.37. The van der Waals surface area contributed by atoms with Gasteiger partial charge in [0.2, 0.25) is 12.1 Å². The van der Waals surface area contributed by atoms with E-state index >= 15 is 0 Å². The number of nitrogens with zero attached hydrogens (tertiary/aromatic N) is 3. The predicted molar refractivity (Wildman–Crippen MR) is 68.0 cm³/mol. The van der Waals surface area contributed by atoms with E-state index in [2.05, 4.69) is 52.8 Å². The molecule has 2 heterocycles. The van der Waals surface area contributed by atoms with E-state index in [4.69, 9.17) is 0 Å². The molecule has 90 valence electrons. The first-order chi connectivity index (χ1) is 8.29. The van der Waals surface area contributed by atoms with Crippen LogP contribution >= 0.6 is 0 Å². The highest BCUT2D eigenvalue weighted by molar-refractivity contribution is 5.26. The zero-order valence-corrected chi connectivity index (χ0v) is 10.6. The van der Waals surface area contributed by atoms with Crippen molar-refractivity contribution in [3.8, 4) is 5.82 Å². The lowest BCUT2D eigenvalue weighted by Gasteiger charge is -1.96. The Morgan fingerprint density at radius 3 is 3.00 bits per heavy atom. The average Bonchev–Trinajstić information content (AvgIpc) is 2.78. The standard InChI is InChI=1S/C14H20N3/c1-3-4-5-8-16-9-10-17(12-16)14-11-13(2)6-7-15-14/h6-7,9-12H,3-5,8H2,1-2H3/q+1. The zero-order valence-electron chi connectivity index (χ0n) is 10.6. The Balaban J connectivity index is 2.07. The average molecular weight is 230 g/mol. The molecule has 0 saturated heterocycles. The van der Waals surface area contributed by atoms with E-state index in [1.165, 1.54) is 24.8 Å². The van der Waals surface area contributed by atoms with Crippen LogP contribution in [-0.2, 0) is 6.54 Å². The summed E-state index contributed by atoms with van der Waals surface area (Å²) in [6.07, 6.45) is 11.9. The molecule has 3 nitrogen and oxygen atoms in total. The third-order valence-corrected chi connectivity index (χ3v) is 2.88. The van der Waals surface area contributed by atoms with Gasteiger partial charge in [-0.15, -0.1) is 0 Å². The van der Waals surface area contributed by atoms with Crippen LogP contribution < -0.4 is 4.57 Å². The lowest BCUT2D eigenvalue weighted by atomic mass is 10.2. The molecule has 0 amide bonds. The van der Waals surface area contributed by atoms with E-state index in [0.29, 0.717) is 0 Å². The van der Waals surface area contributed by atoms with Crippen LogP contribution in [0, 0.1) is 6.92 Å². The molecule has 0 radical (unpaired) electrons. The normalized spacial score (nSPS) is 10.7. The highest BCUT2D eigenvalue weighted by atomic mass is 15.1. The summed E-state index contributed by atoms with van der Waals surface area (Å²) in [5.74, 6) is 0.985. The van der Waals surface area contributed by atoms with E-state index in [0.717, 1.165) is 12.4 Å². The van der Waals surface area contributed by atoms with Crippen molar-refractivity contribution in [1.29, 1.82) is 0 Å². The Morgan fingerprint density at radius 2 is 2.24 bits per heavy atom. The smallest absolute Gasteiger partial charge is 0.236 e. The van der Waals surface area contributed by atoms with Gasteiger partial charge in [-0.3, -0.25) is 0 Å². The summed E-state index contributed by atoms with van der Waals surface area (Å²) in [5.41, 5.74) is 1.24. The fourth-order valence-corrected chi connectivity index (χ4v) is 1.87. The largest absolute Gasteiger partial charge is 0.250 e. The molecular weight excluding hydrogens is 210 g/mol. The minimum Gasteiger partial charge on any atom is -0.236 e. The molecule has 0 aliphatic carbocycles. The van der Waals surface area contributed by atoms with Gasteiger partial charge in [-0.2, -0.15) is 4.57 Å². The van der Waals surface area contributed by atoms with Crippen LogP contribution in [0.3, 0.4) is 0 Å². The summed E-state index contributed by atoms with van der Waals surface area (Å²) in [7, 11) is 0. The molecule has 0 unspecified atom stereocenters. The Labute approximate surface area is 103 Å². The molecule has 0 saturated carbocycles. The Kier molecular flexibility index (Phi) is 3.91. The number of aromatic nitrogens is 3. The summed E-state index contributed by atoms with van der Waals surface area (Å²) >= 11 is 0.